The van der Waals surface area contributed by atoms with Gasteiger partial charge in [-0.2, -0.15) is 9.37 Å². The summed E-state index contributed by atoms with van der Waals surface area (Å²) in [5, 5.41) is 11.6. The van der Waals surface area contributed by atoms with E-state index in [4.69, 9.17) is 5.11 Å². The number of pyridine rings is 1. The van der Waals surface area contributed by atoms with Crippen molar-refractivity contribution >= 4 is 5.82 Å². The molecule has 1 saturated carbocycles. The van der Waals surface area contributed by atoms with Gasteiger partial charge >= 0.3 is 0 Å². The number of anilines is 1. The molecule has 1 fully saturated rings. The molecule has 0 unspecified atom stereocenters. The van der Waals surface area contributed by atoms with Crippen molar-refractivity contribution in [3.63, 3.8) is 0 Å². The summed E-state index contributed by atoms with van der Waals surface area (Å²) in [5.41, 5.74) is -0.251. The third-order valence-electron chi connectivity index (χ3n) is 2.81. The topological polar surface area (TPSA) is 45.1 Å². The molecule has 0 radical (unpaired) electrons. The maximum atomic E-state index is 13.1. The second kappa shape index (κ2) is 3.93. The standard InChI is InChI=1S/C10H11F3N2O/c11-6-3-7(12)9(15-8(6)13)14-4-10(5-16)1-2-10/h3,16H,1-2,4-5H2,(H,14,15). The van der Waals surface area contributed by atoms with Crippen LogP contribution in [-0.4, -0.2) is 23.2 Å². The number of halogens is 3. The summed E-state index contributed by atoms with van der Waals surface area (Å²) in [6.07, 6.45) is 1.67. The Morgan fingerprint density at radius 1 is 1.31 bits per heavy atom. The van der Waals surface area contributed by atoms with E-state index in [9.17, 15) is 13.2 Å². The van der Waals surface area contributed by atoms with Crippen molar-refractivity contribution in [1.82, 2.24) is 4.98 Å². The number of aliphatic hydroxyl groups is 1. The molecule has 16 heavy (non-hydrogen) atoms. The Bertz CT molecular complexity index is 407. The molecule has 1 aliphatic carbocycles. The highest BCUT2D eigenvalue weighted by atomic mass is 19.2. The second-order valence-electron chi connectivity index (χ2n) is 4.10. The maximum Gasteiger partial charge on any atom is 0.251 e. The van der Waals surface area contributed by atoms with Gasteiger partial charge in [-0.05, 0) is 12.8 Å². The molecule has 0 spiro atoms. The van der Waals surface area contributed by atoms with Gasteiger partial charge in [-0.25, -0.2) is 8.78 Å². The highest BCUT2D eigenvalue weighted by Crippen LogP contribution is 2.44. The molecule has 88 valence electrons. The molecule has 2 rings (SSSR count). The molecule has 1 aromatic heterocycles. The molecule has 0 atom stereocenters. The smallest absolute Gasteiger partial charge is 0.251 e. The summed E-state index contributed by atoms with van der Waals surface area (Å²) >= 11 is 0. The van der Waals surface area contributed by atoms with E-state index >= 15 is 0 Å². The predicted molar refractivity (Wildman–Crippen MR) is 51.4 cm³/mol. The summed E-state index contributed by atoms with van der Waals surface area (Å²) in [7, 11) is 0. The van der Waals surface area contributed by atoms with E-state index in [1.807, 2.05) is 0 Å². The van der Waals surface area contributed by atoms with Gasteiger partial charge in [0.1, 0.15) is 0 Å². The van der Waals surface area contributed by atoms with E-state index in [0.29, 0.717) is 12.6 Å². The van der Waals surface area contributed by atoms with Crippen LogP contribution in [0.3, 0.4) is 0 Å². The van der Waals surface area contributed by atoms with Crippen LogP contribution in [0.15, 0.2) is 6.07 Å². The van der Waals surface area contributed by atoms with Gasteiger partial charge in [0.05, 0.1) is 6.61 Å². The van der Waals surface area contributed by atoms with Crippen LogP contribution in [0.25, 0.3) is 0 Å². The third kappa shape index (κ3) is 2.11. The molecule has 6 heteroatoms. The molecular weight excluding hydrogens is 221 g/mol. The van der Waals surface area contributed by atoms with Crippen LogP contribution in [0, 0.1) is 23.0 Å². The van der Waals surface area contributed by atoms with Gasteiger partial charge < -0.3 is 10.4 Å². The number of nitrogens with one attached hydrogen (secondary N) is 1. The van der Waals surface area contributed by atoms with Gasteiger partial charge in [-0.15, -0.1) is 0 Å². The van der Waals surface area contributed by atoms with Gasteiger partial charge in [-0.3, -0.25) is 0 Å². The largest absolute Gasteiger partial charge is 0.396 e. The zero-order valence-electron chi connectivity index (χ0n) is 8.43. The minimum absolute atomic E-state index is 0.00864. The van der Waals surface area contributed by atoms with E-state index in [0.717, 1.165) is 12.8 Å². The molecule has 2 N–H and O–H groups in total. The first-order chi connectivity index (χ1) is 7.56. The Labute approximate surface area is 90.3 Å². The predicted octanol–water partition coefficient (Wildman–Crippen LogP) is 1.68. The first kappa shape index (κ1) is 11.2. The van der Waals surface area contributed by atoms with E-state index in [1.54, 1.807) is 0 Å². The highest BCUT2D eigenvalue weighted by molar-refractivity contribution is 5.36. The molecule has 0 aromatic carbocycles. The zero-order chi connectivity index (χ0) is 11.8. The summed E-state index contributed by atoms with van der Waals surface area (Å²) in [4.78, 5) is 3.13. The summed E-state index contributed by atoms with van der Waals surface area (Å²) in [5.74, 6) is -3.91. The molecule has 1 aliphatic rings. The molecule has 0 aliphatic heterocycles. The number of aliphatic hydroxyl groups excluding tert-OH is 1. The Kier molecular flexibility index (Phi) is 2.75. The first-order valence-electron chi connectivity index (χ1n) is 4.93. The van der Waals surface area contributed by atoms with Gasteiger partial charge in [-0.1, -0.05) is 0 Å². The lowest BCUT2D eigenvalue weighted by molar-refractivity contribution is 0.219. The van der Waals surface area contributed by atoms with Gasteiger partial charge in [0, 0.05) is 18.0 Å². The van der Waals surface area contributed by atoms with Crippen molar-refractivity contribution in [2.24, 2.45) is 5.41 Å². The van der Waals surface area contributed by atoms with E-state index in [1.165, 1.54) is 0 Å². The van der Waals surface area contributed by atoms with Crippen LogP contribution in [0.4, 0.5) is 19.0 Å². The number of aromatic nitrogens is 1. The lowest BCUT2D eigenvalue weighted by atomic mass is 10.1. The summed E-state index contributed by atoms with van der Waals surface area (Å²) < 4.78 is 38.4. The van der Waals surface area contributed by atoms with Crippen LogP contribution < -0.4 is 5.32 Å². The van der Waals surface area contributed by atoms with Crippen molar-refractivity contribution in [3.05, 3.63) is 23.6 Å². The highest BCUT2D eigenvalue weighted by Gasteiger charge is 2.41. The van der Waals surface area contributed by atoms with Crippen LogP contribution >= 0.6 is 0 Å². The van der Waals surface area contributed by atoms with Gasteiger partial charge in [0.25, 0.3) is 5.95 Å². The van der Waals surface area contributed by atoms with Crippen LogP contribution in [0.1, 0.15) is 12.8 Å². The molecular formula is C10H11F3N2O. The SMILES string of the molecule is OCC1(CNc2nc(F)c(F)cc2F)CC1. The third-order valence-corrected chi connectivity index (χ3v) is 2.81. The summed E-state index contributed by atoms with van der Waals surface area (Å²) in [6.45, 7) is 0.295. The van der Waals surface area contributed by atoms with Crippen molar-refractivity contribution in [2.75, 3.05) is 18.5 Å². The average molecular weight is 232 g/mol. The Balaban J connectivity index is 2.07. The minimum atomic E-state index is -1.34. The molecule has 0 saturated heterocycles. The van der Waals surface area contributed by atoms with Crippen molar-refractivity contribution in [1.29, 1.82) is 0 Å². The van der Waals surface area contributed by atoms with Crippen molar-refractivity contribution < 1.29 is 18.3 Å². The van der Waals surface area contributed by atoms with Crippen LogP contribution in [0.5, 0.6) is 0 Å². The number of nitrogens with zero attached hydrogens (tertiary/aromatic N) is 1. The van der Waals surface area contributed by atoms with Gasteiger partial charge in [0.15, 0.2) is 17.5 Å². The number of hydrogen-bond donors (Lipinski definition) is 2. The lowest BCUT2D eigenvalue weighted by Gasteiger charge is -2.13. The Morgan fingerprint density at radius 3 is 2.56 bits per heavy atom. The fraction of sp³-hybridized carbons (Fsp3) is 0.500. The number of hydrogen-bond acceptors (Lipinski definition) is 3. The zero-order valence-corrected chi connectivity index (χ0v) is 8.43. The fourth-order valence-corrected chi connectivity index (χ4v) is 1.41. The monoisotopic (exact) mass is 232 g/mol. The van der Waals surface area contributed by atoms with E-state index in [2.05, 4.69) is 10.3 Å². The molecule has 1 heterocycles. The quantitative estimate of drug-likeness (QED) is 0.776. The normalized spacial score (nSPS) is 17.2. The number of rotatable bonds is 4. The van der Waals surface area contributed by atoms with E-state index < -0.39 is 17.6 Å². The Morgan fingerprint density at radius 2 is 2.00 bits per heavy atom. The molecule has 3 nitrogen and oxygen atoms in total. The molecule has 1 aromatic rings. The molecule has 0 bridgehead atoms. The molecule has 0 amide bonds. The van der Waals surface area contributed by atoms with Crippen molar-refractivity contribution in [3.8, 4) is 0 Å². The Hall–Kier alpha value is -1.30. The average Bonchev–Trinajstić information content (AvgIpc) is 3.02. The first-order valence-corrected chi connectivity index (χ1v) is 4.93. The fourth-order valence-electron chi connectivity index (χ4n) is 1.41. The lowest BCUT2D eigenvalue weighted by Crippen LogP contribution is -2.20. The second-order valence-corrected chi connectivity index (χ2v) is 4.10. The summed E-state index contributed by atoms with van der Waals surface area (Å²) in [6, 6.07) is 0.448. The van der Waals surface area contributed by atoms with Gasteiger partial charge in [0.2, 0.25) is 0 Å². The van der Waals surface area contributed by atoms with Crippen LogP contribution in [0.2, 0.25) is 0 Å². The maximum absolute atomic E-state index is 13.1. The minimum Gasteiger partial charge on any atom is -0.396 e. The van der Waals surface area contributed by atoms with Crippen LogP contribution in [-0.2, 0) is 0 Å². The van der Waals surface area contributed by atoms with E-state index in [-0.39, 0.29) is 17.8 Å². The van der Waals surface area contributed by atoms with Crippen molar-refractivity contribution in [2.45, 2.75) is 12.8 Å².